The van der Waals surface area contributed by atoms with Crippen LogP contribution in [0.5, 0.6) is 0 Å². The average Bonchev–Trinajstić information content (AvgIpc) is 3.09. The van der Waals surface area contributed by atoms with E-state index < -0.39 is 0 Å². The van der Waals surface area contributed by atoms with Crippen LogP contribution in [0, 0.1) is 10.1 Å². The third-order valence-electron chi connectivity index (χ3n) is 4.20. The maximum atomic E-state index is 11.8. The quantitative estimate of drug-likeness (QED) is 0.555. The second-order valence-electron chi connectivity index (χ2n) is 5.83. The minimum atomic E-state index is -0.362. The van der Waals surface area contributed by atoms with Crippen LogP contribution in [-0.4, -0.2) is 23.9 Å². The van der Waals surface area contributed by atoms with Gasteiger partial charge in [-0.15, -0.1) is 0 Å². The molecule has 0 spiro atoms. The molecule has 1 amide bonds. The normalized spacial score (nSPS) is 12.2. The maximum Gasteiger partial charge on any atom is 0.292 e. The molecule has 0 radical (unpaired) electrons. The number of nitro groups is 1. The van der Waals surface area contributed by atoms with Crippen LogP contribution in [0.3, 0.4) is 0 Å². The van der Waals surface area contributed by atoms with E-state index in [0.717, 1.165) is 29.8 Å². The van der Waals surface area contributed by atoms with E-state index in [9.17, 15) is 14.9 Å². The predicted molar refractivity (Wildman–Crippen MR) is 97.1 cm³/mol. The van der Waals surface area contributed by atoms with E-state index in [1.807, 2.05) is 19.1 Å². The zero-order chi connectivity index (χ0) is 17.8. The van der Waals surface area contributed by atoms with Crippen molar-refractivity contribution in [2.24, 2.45) is 0 Å². The number of benzene rings is 2. The number of fused-ring (bicyclic) bond motifs is 1. The summed E-state index contributed by atoms with van der Waals surface area (Å²) >= 11 is 0. The minimum Gasteiger partial charge on any atom is -0.384 e. The van der Waals surface area contributed by atoms with Crippen molar-refractivity contribution in [2.75, 3.05) is 23.7 Å². The molecule has 2 aromatic rings. The molecule has 130 valence electrons. The SMILES string of the molecule is CCNC(=O)c1ccc(CNc2c([N+](=O)[O-])ccc3c2CCN3)cc1. The molecular formula is C18H20N4O3. The Balaban J connectivity index is 1.77. The Labute approximate surface area is 145 Å². The number of nitrogens with one attached hydrogen (secondary N) is 3. The summed E-state index contributed by atoms with van der Waals surface area (Å²) in [5, 5.41) is 20.5. The van der Waals surface area contributed by atoms with Gasteiger partial charge in [0, 0.05) is 42.5 Å². The van der Waals surface area contributed by atoms with Crippen LogP contribution >= 0.6 is 0 Å². The second kappa shape index (κ2) is 7.21. The highest BCUT2D eigenvalue weighted by Crippen LogP contribution is 2.37. The summed E-state index contributed by atoms with van der Waals surface area (Å²) in [6.45, 7) is 3.69. The van der Waals surface area contributed by atoms with E-state index in [1.165, 1.54) is 6.07 Å². The van der Waals surface area contributed by atoms with Gasteiger partial charge in [-0.3, -0.25) is 14.9 Å². The number of carbonyl (C=O) groups is 1. The highest BCUT2D eigenvalue weighted by Gasteiger charge is 2.23. The molecule has 25 heavy (non-hydrogen) atoms. The van der Waals surface area contributed by atoms with Crippen molar-refractivity contribution in [3.63, 3.8) is 0 Å². The Morgan fingerprint density at radius 3 is 2.68 bits per heavy atom. The van der Waals surface area contributed by atoms with E-state index in [4.69, 9.17) is 0 Å². The largest absolute Gasteiger partial charge is 0.384 e. The van der Waals surface area contributed by atoms with Crippen molar-refractivity contribution in [3.05, 3.63) is 63.2 Å². The molecule has 0 atom stereocenters. The first kappa shape index (κ1) is 16.8. The molecule has 0 saturated heterocycles. The minimum absolute atomic E-state index is 0.0846. The van der Waals surface area contributed by atoms with Crippen molar-refractivity contribution in [1.29, 1.82) is 0 Å². The van der Waals surface area contributed by atoms with Crippen LogP contribution in [-0.2, 0) is 13.0 Å². The summed E-state index contributed by atoms with van der Waals surface area (Å²) in [5.41, 5.74) is 4.10. The third-order valence-corrected chi connectivity index (χ3v) is 4.20. The Hall–Kier alpha value is -3.09. The highest BCUT2D eigenvalue weighted by molar-refractivity contribution is 5.94. The van der Waals surface area contributed by atoms with E-state index in [1.54, 1.807) is 18.2 Å². The summed E-state index contributed by atoms with van der Waals surface area (Å²) < 4.78 is 0. The van der Waals surface area contributed by atoms with Gasteiger partial charge in [0.1, 0.15) is 5.69 Å². The molecule has 1 heterocycles. The number of amides is 1. The van der Waals surface area contributed by atoms with Crippen molar-refractivity contribution >= 4 is 23.0 Å². The molecule has 1 aliphatic heterocycles. The highest BCUT2D eigenvalue weighted by atomic mass is 16.6. The zero-order valence-corrected chi connectivity index (χ0v) is 14.0. The Kier molecular flexibility index (Phi) is 4.83. The first-order valence-electron chi connectivity index (χ1n) is 8.25. The Bertz CT molecular complexity index is 803. The molecule has 0 fully saturated rings. The molecular weight excluding hydrogens is 320 g/mol. The fourth-order valence-electron chi connectivity index (χ4n) is 2.96. The number of nitro benzene ring substituents is 1. The van der Waals surface area contributed by atoms with Crippen LogP contribution < -0.4 is 16.0 Å². The van der Waals surface area contributed by atoms with Gasteiger partial charge < -0.3 is 16.0 Å². The van der Waals surface area contributed by atoms with Gasteiger partial charge in [-0.05, 0) is 37.1 Å². The Morgan fingerprint density at radius 1 is 1.24 bits per heavy atom. The van der Waals surface area contributed by atoms with Crippen molar-refractivity contribution in [2.45, 2.75) is 19.9 Å². The third kappa shape index (κ3) is 3.55. The smallest absolute Gasteiger partial charge is 0.292 e. The van der Waals surface area contributed by atoms with Crippen LogP contribution in [0.1, 0.15) is 28.4 Å². The second-order valence-corrected chi connectivity index (χ2v) is 5.83. The standard InChI is InChI=1S/C18H20N4O3/c1-2-19-18(23)13-5-3-12(4-6-13)11-21-17-14-9-10-20-15(14)7-8-16(17)22(24)25/h3-8,20-21H,2,9-11H2,1H3,(H,19,23). The van der Waals surface area contributed by atoms with Gasteiger partial charge >= 0.3 is 0 Å². The molecule has 0 aliphatic carbocycles. The van der Waals surface area contributed by atoms with E-state index in [2.05, 4.69) is 16.0 Å². The predicted octanol–water partition coefficient (Wildman–Crippen LogP) is 2.92. The molecule has 0 bridgehead atoms. The van der Waals surface area contributed by atoms with Gasteiger partial charge in [0.2, 0.25) is 0 Å². The number of anilines is 2. The number of hydrogen-bond donors (Lipinski definition) is 3. The summed E-state index contributed by atoms with van der Waals surface area (Å²) in [6.07, 6.45) is 0.759. The van der Waals surface area contributed by atoms with Gasteiger partial charge in [-0.25, -0.2) is 0 Å². The van der Waals surface area contributed by atoms with E-state index in [-0.39, 0.29) is 16.5 Å². The lowest BCUT2D eigenvalue weighted by atomic mass is 10.1. The van der Waals surface area contributed by atoms with Crippen LogP contribution in [0.2, 0.25) is 0 Å². The number of hydrogen-bond acceptors (Lipinski definition) is 5. The lowest BCUT2D eigenvalue weighted by molar-refractivity contribution is -0.384. The summed E-state index contributed by atoms with van der Waals surface area (Å²) in [6, 6.07) is 10.5. The lowest BCUT2D eigenvalue weighted by Crippen LogP contribution is -2.22. The molecule has 7 heteroatoms. The van der Waals surface area contributed by atoms with Gasteiger partial charge in [-0.1, -0.05) is 12.1 Å². The lowest BCUT2D eigenvalue weighted by Gasteiger charge is -2.12. The Morgan fingerprint density at radius 2 is 2.00 bits per heavy atom. The molecule has 0 aromatic heterocycles. The van der Waals surface area contributed by atoms with Crippen LogP contribution in [0.15, 0.2) is 36.4 Å². The number of carbonyl (C=O) groups excluding carboxylic acids is 1. The summed E-state index contributed by atoms with van der Waals surface area (Å²) in [4.78, 5) is 22.7. The number of nitrogens with zero attached hydrogens (tertiary/aromatic N) is 1. The molecule has 3 N–H and O–H groups in total. The summed E-state index contributed by atoms with van der Waals surface area (Å²) in [7, 11) is 0. The van der Waals surface area contributed by atoms with Gasteiger partial charge in [0.15, 0.2) is 0 Å². The van der Waals surface area contributed by atoms with E-state index >= 15 is 0 Å². The van der Waals surface area contributed by atoms with Gasteiger partial charge in [0.05, 0.1) is 4.92 Å². The fourth-order valence-corrected chi connectivity index (χ4v) is 2.96. The fraction of sp³-hybridized carbons (Fsp3) is 0.278. The van der Waals surface area contributed by atoms with Gasteiger partial charge in [0.25, 0.3) is 11.6 Å². The first-order valence-corrected chi connectivity index (χ1v) is 8.25. The molecule has 0 unspecified atom stereocenters. The first-order chi connectivity index (χ1) is 12.1. The average molecular weight is 340 g/mol. The zero-order valence-electron chi connectivity index (χ0n) is 14.0. The maximum absolute atomic E-state index is 11.8. The summed E-state index contributed by atoms with van der Waals surface area (Å²) in [5.74, 6) is -0.107. The van der Waals surface area contributed by atoms with Gasteiger partial charge in [-0.2, -0.15) is 0 Å². The molecule has 2 aromatic carbocycles. The van der Waals surface area contributed by atoms with E-state index in [0.29, 0.717) is 24.3 Å². The van der Waals surface area contributed by atoms with Crippen molar-refractivity contribution in [1.82, 2.24) is 5.32 Å². The van der Waals surface area contributed by atoms with Crippen molar-refractivity contribution < 1.29 is 9.72 Å². The van der Waals surface area contributed by atoms with Crippen molar-refractivity contribution in [3.8, 4) is 0 Å². The molecule has 3 rings (SSSR count). The van der Waals surface area contributed by atoms with Crippen LogP contribution in [0.4, 0.5) is 17.1 Å². The number of rotatable bonds is 6. The molecule has 1 aliphatic rings. The topological polar surface area (TPSA) is 96.3 Å². The molecule has 0 saturated carbocycles. The molecule has 7 nitrogen and oxygen atoms in total. The monoisotopic (exact) mass is 340 g/mol. The van der Waals surface area contributed by atoms with Crippen LogP contribution in [0.25, 0.3) is 0 Å².